The van der Waals surface area contributed by atoms with Crippen molar-refractivity contribution in [1.82, 2.24) is 10.2 Å². The first-order valence-corrected chi connectivity index (χ1v) is 5.47. The highest BCUT2D eigenvalue weighted by molar-refractivity contribution is 5.86. The van der Waals surface area contributed by atoms with Crippen LogP contribution in [0.2, 0.25) is 0 Å². The van der Waals surface area contributed by atoms with Gasteiger partial charge in [-0.2, -0.15) is 13.2 Å². The minimum absolute atomic E-state index is 0.0496. The molecule has 1 saturated carbocycles. The fourth-order valence-electron chi connectivity index (χ4n) is 2.16. The number of alkyl halides is 3. The molecule has 16 heavy (non-hydrogen) atoms. The SMILES string of the molecule is C[C@@H]1CNCCN1C(=O)C1(C(F)(F)F)CC1. The highest BCUT2D eigenvalue weighted by Crippen LogP contribution is 2.58. The lowest BCUT2D eigenvalue weighted by Crippen LogP contribution is -2.56. The quantitative estimate of drug-likeness (QED) is 0.740. The van der Waals surface area contributed by atoms with E-state index in [0.717, 1.165) is 0 Å². The van der Waals surface area contributed by atoms with E-state index in [9.17, 15) is 18.0 Å². The number of carbonyl (C=O) groups is 1. The van der Waals surface area contributed by atoms with Gasteiger partial charge in [0.15, 0.2) is 0 Å². The number of hydrogen-bond acceptors (Lipinski definition) is 2. The van der Waals surface area contributed by atoms with Crippen LogP contribution in [0.15, 0.2) is 0 Å². The maximum Gasteiger partial charge on any atom is 0.403 e. The van der Waals surface area contributed by atoms with Crippen LogP contribution in [0.4, 0.5) is 13.2 Å². The lowest BCUT2D eigenvalue weighted by atomic mass is 10.0. The van der Waals surface area contributed by atoms with Crippen molar-refractivity contribution >= 4 is 5.91 Å². The third kappa shape index (κ3) is 1.69. The largest absolute Gasteiger partial charge is 0.403 e. The number of nitrogens with one attached hydrogen (secondary N) is 1. The number of nitrogens with zero attached hydrogens (tertiary/aromatic N) is 1. The van der Waals surface area contributed by atoms with Crippen LogP contribution in [0.25, 0.3) is 0 Å². The molecule has 0 aromatic rings. The molecule has 1 aliphatic heterocycles. The molecular formula is C10H15F3N2O. The number of amides is 1. The van der Waals surface area contributed by atoms with E-state index in [2.05, 4.69) is 5.32 Å². The summed E-state index contributed by atoms with van der Waals surface area (Å²) in [6.07, 6.45) is -4.49. The van der Waals surface area contributed by atoms with Gasteiger partial charge >= 0.3 is 6.18 Å². The molecule has 6 heteroatoms. The molecule has 0 bridgehead atoms. The van der Waals surface area contributed by atoms with E-state index >= 15 is 0 Å². The van der Waals surface area contributed by atoms with Gasteiger partial charge in [-0.1, -0.05) is 0 Å². The molecule has 0 radical (unpaired) electrons. The minimum Gasteiger partial charge on any atom is -0.337 e. The van der Waals surface area contributed by atoms with Gasteiger partial charge < -0.3 is 10.2 Å². The molecule has 1 N–H and O–H groups in total. The molecule has 92 valence electrons. The molecule has 2 rings (SSSR count). The molecule has 0 aromatic carbocycles. The Hall–Kier alpha value is -0.780. The molecule has 1 aliphatic carbocycles. The molecular weight excluding hydrogens is 221 g/mol. The molecule has 2 fully saturated rings. The Balaban J connectivity index is 2.13. The minimum atomic E-state index is -4.39. The second kappa shape index (κ2) is 3.61. The Bertz CT molecular complexity index is 299. The number of halogens is 3. The van der Waals surface area contributed by atoms with Crippen LogP contribution in [0, 0.1) is 5.41 Å². The first-order valence-electron chi connectivity index (χ1n) is 5.47. The molecule has 1 amide bonds. The van der Waals surface area contributed by atoms with Crippen LogP contribution >= 0.6 is 0 Å². The Morgan fingerprint density at radius 1 is 1.44 bits per heavy atom. The van der Waals surface area contributed by atoms with Crippen LogP contribution in [0.3, 0.4) is 0 Å². The Morgan fingerprint density at radius 3 is 2.50 bits per heavy atom. The van der Waals surface area contributed by atoms with E-state index < -0.39 is 17.5 Å². The lowest BCUT2D eigenvalue weighted by molar-refractivity contribution is -0.200. The van der Waals surface area contributed by atoms with E-state index in [0.29, 0.717) is 19.6 Å². The predicted octanol–water partition coefficient (Wildman–Crippen LogP) is 1.15. The van der Waals surface area contributed by atoms with Gasteiger partial charge in [-0.25, -0.2) is 0 Å². The average Bonchev–Trinajstić information content (AvgIpc) is 2.97. The van der Waals surface area contributed by atoms with Crippen LogP contribution < -0.4 is 5.32 Å². The van der Waals surface area contributed by atoms with Gasteiger partial charge in [0.25, 0.3) is 0 Å². The van der Waals surface area contributed by atoms with E-state index in [-0.39, 0.29) is 18.9 Å². The van der Waals surface area contributed by atoms with Gasteiger partial charge in [0.1, 0.15) is 5.41 Å². The van der Waals surface area contributed by atoms with Crippen molar-refractivity contribution in [2.75, 3.05) is 19.6 Å². The second-order valence-electron chi connectivity index (χ2n) is 4.63. The first-order chi connectivity index (χ1) is 7.38. The summed E-state index contributed by atoms with van der Waals surface area (Å²) in [5.74, 6) is -0.728. The van der Waals surface area contributed by atoms with Gasteiger partial charge in [-0.3, -0.25) is 4.79 Å². The molecule has 1 heterocycles. The molecule has 2 aliphatic rings. The third-order valence-corrected chi connectivity index (χ3v) is 3.46. The topological polar surface area (TPSA) is 32.3 Å². The second-order valence-corrected chi connectivity index (χ2v) is 4.63. The molecule has 0 aromatic heterocycles. The van der Waals surface area contributed by atoms with Crippen molar-refractivity contribution in [3.8, 4) is 0 Å². The van der Waals surface area contributed by atoms with Gasteiger partial charge in [0.05, 0.1) is 0 Å². The summed E-state index contributed by atoms with van der Waals surface area (Å²) < 4.78 is 38.3. The maximum absolute atomic E-state index is 12.8. The van der Waals surface area contributed by atoms with Crippen molar-refractivity contribution in [3.63, 3.8) is 0 Å². The zero-order chi connectivity index (χ0) is 12.0. The smallest absolute Gasteiger partial charge is 0.337 e. The number of hydrogen-bond donors (Lipinski definition) is 1. The fraction of sp³-hybridized carbons (Fsp3) is 0.900. The number of rotatable bonds is 1. The van der Waals surface area contributed by atoms with Crippen LogP contribution in [-0.2, 0) is 4.79 Å². The lowest BCUT2D eigenvalue weighted by Gasteiger charge is -2.37. The summed E-state index contributed by atoms with van der Waals surface area (Å²) in [4.78, 5) is 13.3. The normalized spacial score (nSPS) is 29.0. The number of piperazine rings is 1. The van der Waals surface area contributed by atoms with Crippen LogP contribution in [-0.4, -0.2) is 42.7 Å². The fourth-order valence-corrected chi connectivity index (χ4v) is 2.16. The molecule has 0 spiro atoms. The van der Waals surface area contributed by atoms with E-state index in [4.69, 9.17) is 0 Å². The Kier molecular flexibility index (Phi) is 2.64. The van der Waals surface area contributed by atoms with E-state index in [1.807, 2.05) is 0 Å². The maximum atomic E-state index is 12.8. The van der Waals surface area contributed by atoms with Crippen molar-refractivity contribution in [1.29, 1.82) is 0 Å². The summed E-state index contributed by atoms with van der Waals surface area (Å²) in [5, 5.41) is 3.05. The molecule has 3 nitrogen and oxygen atoms in total. The van der Waals surface area contributed by atoms with Crippen molar-refractivity contribution in [3.05, 3.63) is 0 Å². The van der Waals surface area contributed by atoms with E-state index in [1.165, 1.54) is 4.90 Å². The molecule has 1 saturated heterocycles. The van der Waals surface area contributed by atoms with Crippen LogP contribution in [0.5, 0.6) is 0 Å². The zero-order valence-corrected chi connectivity index (χ0v) is 9.10. The van der Waals surface area contributed by atoms with E-state index in [1.54, 1.807) is 6.92 Å². The summed E-state index contributed by atoms with van der Waals surface area (Å²) in [7, 11) is 0. The Morgan fingerprint density at radius 2 is 2.06 bits per heavy atom. The van der Waals surface area contributed by atoms with Crippen molar-refractivity contribution in [2.45, 2.75) is 32.0 Å². The van der Waals surface area contributed by atoms with Crippen LogP contribution in [0.1, 0.15) is 19.8 Å². The number of carbonyl (C=O) groups excluding carboxylic acids is 1. The summed E-state index contributed by atoms with van der Waals surface area (Å²) >= 11 is 0. The van der Waals surface area contributed by atoms with Gasteiger partial charge in [-0.05, 0) is 19.8 Å². The highest BCUT2D eigenvalue weighted by Gasteiger charge is 2.69. The van der Waals surface area contributed by atoms with Gasteiger partial charge in [0.2, 0.25) is 5.91 Å². The average molecular weight is 236 g/mol. The molecule has 1 atom stereocenters. The predicted molar refractivity (Wildman–Crippen MR) is 51.8 cm³/mol. The van der Waals surface area contributed by atoms with Crippen molar-refractivity contribution < 1.29 is 18.0 Å². The monoisotopic (exact) mass is 236 g/mol. The molecule has 0 unspecified atom stereocenters. The Labute approximate surface area is 92.0 Å². The zero-order valence-electron chi connectivity index (χ0n) is 9.10. The standard InChI is InChI=1S/C10H15F3N2O/c1-7-6-14-4-5-15(7)8(16)9(2-3-9)10(11,12)13/h7,14H,2-6H2,1H3/t7-/m1/s1. The third-order valence-electron chi connectivity index (χ3n) is 3.46. The van der Waals surface area contributed by atoms with Gasteiger partial charge in [0, 0.05) is 25.7 Å². The summed E-state index contributed by atoms with van der Waals surface area (Å²) in [6, 6.07) is -0.152. The summed E-state index contributed by atoms with van der Waals surface area (Å²) in [5.41, 5.74) is -2.06. The van der Waals surface area contributed by atoms with Crippen molar-refractivity contribution in [2.24, 2.45) is 5.41 Å². The first kappa shape index (κ1) is 11.7. The summed E-state index contributed by atoms with van der Waals surface area (Å²) in [6.45, 7) is 3.29. The van der Waals surface area contributed by atoms with Gasteiger partial charge in [-0.15, -0.1) is 0 Å². The highest BCUT2D eigenvalue weighted by atomic mass is 19.4.